The van der Waals surface area contributed by atoms with Gasteiger partial charge in [-0.05, 0) is 60.6 Å². The lowest BCUT2D eigenvalue weighted by Gasteiger charge is -2.31. The van der Waals surface area contributed by atoms with E-state index in [1.54, 1.807) is 0 Å². The van der Waals surface area contributed by atoms with Gasteiger partial charge in [0.2, 0.25) is 0 Å². The zero-order valence-corrected chi connectivity index (χ0v) is 22.5. The van der Waals surface area contributed by atoms with Crippen LogP contribution < -0.4 is 5.32 Å². The smallest absolute Gasteiger partial charge is 0.318 e. The molecule has 4 aromatic rings. The predicted octanol–water partition coefficient (Wildman–Crippen LogP) is 6.76. The molecule has 37 heavy (non-hydrogen) atoms. The Labute approximate surface area is 219 Å². The van der Waals surface area contributed by atoms with E-state index in [-0.39, 0.29) is 12.1 Å². The van der Waals surface area contributed by atoms with Crippen LogP contribution in [0.4, 0.5) is 4.79 Å². The van der Waals surface area contributed by atoms with E-state index >= 15 is 0 Å². The highest BCUT2D eigenvalue weighted by atomic mass is 16.2. The molecule has 0 saturated heterocycles. The molecule has 1 aliphatic rings. The van der Waals surface area contributed by atoms with Crippen LogP contribution in [0.3, 0.4) is 0 Å². The summed E-state index contributed by atoms with van der Waals surface area (Å²) in [5.41, 5.74) is 6.42. The van der Waals surface area contributed by atoms with Gasteiger partial charge in [0.25, 0.3) is 0 Å². The molecule has 1 atom stereocenters. The van der Waals surface area contributed by atoms with E-state index in [9.17, 15) is 4.79 Å². The minimum Gasteiger partial charge on any atom is -0.338 e. The minimum absolute atomic E-state index is 0.0500. The highest BCUT2D eigenvalue weighted by Gasteiger charge is 2.35. The SMILES string of the molecule is Cc1nn(-c2ccccc2)c2c1CN(C(=O)NCCC(C)C)[C@H](c1ccc(C(C)C)cc1)c1cccn1-2. The first-order valence-corrected chi connectivity index (χ1v) is 13.3. The molecule has 6 heteroatoms. The molecule has 0 saturated carbocycles. The van der Waals surface area contributed by atoms with Gasteiger partial charge in [-0.25, -0.2) is 9.48 Å². The van der Waals surface area contributed by atoms with Crippen molar-refractivity contribution in [3.05, 3.63) is 101 Å². The molecule has 0 bridgehead atoms. The van der Waals surface area contributed by atoms with Gasteiger partial charge in [-0.15, -0.1) is 0 Å². The summed E-state index contributed by atoms with van der Waals surface area (Å²) in [4.78, 5) is 15.8. The molecule has 1 aliphatic heterocycles. The number of benzene rings is 2. The molecule has 0 unspecified atom stereocenters. The Hall–Kier alpha value is -3.80. The van der Waals surface area contributed by atoms with Gasteiger partial charge in [-0.2, -0.15) is 5.10 Å². The molecule has 0 radical (unpaired) electrons. The summed E-state index contributed by atoms with van der Waals surface area (Å²) in [5, 5.41) is 8.13. The summed E-state index contributed by atoms with van der Waals surface area (Å²) >= 11 is 0. The number of rotatable bonds is 6. The molecule has 0 fully saturated rings. The summed E-state index contributed by atoms with van der Waals surface area (Å²) < 4.78 is 4.22. The fourth-order valence-electron chi connectivity index (χ4n) is 5.13. The summed E-state index contributed by atoms with van der Waals surface area (Å²) in [6, 6.07) is 22.9. The quantitative estimate of drug-likeness (QED) is 0.321. The average Bonchev–Trinajstić information content (AvgIpc) is 3.45. The fourth-order valence-corrected chi connectivity index (χ4v) is 5.13. The van der Waals surface area contributed by atoms with Gasteiger partial charge in [0, 0.05) is 18.3 Å². The Balaban J connectivity index is 1.65. The van der Waals surface area contributed by atoms with Crippen LogP contribution in [0.25, 0.3) is 11.5 Å². The van der Waals surface area contributed by atoms with Crippen molar-refractivity contribution >= 4 is 6.03 Å². The van der Waals surface area contributed by atoms with Gasteiger partial charge >= 0.3 is 6.03 Å². The number of nitrogens with zero attached hydrogens (tertiary/aromatic N) is 4. The first kappa shape index (κ1) is 24.9. The molecule has 2 aromatic carbocycles. The predicted molar refractivity (Wildman–Crippen MR) is 148 cm³/mol. The van der Waals surface area contributed by atoms with Crippen molar-refractivity contribution in [2.24, 2.45) is 5.92 Å². The van der Waals surface area contributed by atoms with Crippen LogP contribution in [0.5, 0.6) is 0 Å². The number of nitrogens with one attached hydrogen (secondary N) is 1. The van der Waals surface area contributed by atoms with Crippen LogP contribution in [0.15, 0.2) is 72.9 Å². The second-order valence-corrected chi connectivity index (χ2v) is 10.7. The molecule has 5 rings (SSSR count). The van der Waals surface area contributed by atoms with E-state index in [0.717, 1.165) is 40.4 Å². The third kappa shape index (κ3) is 4.80. The number of amides is 2. The van der Waals surface area contributed by atoms with Crippen molar-refractivity contribution in [1.82, 2.24) is 24.6 Å². The standard InChI is InChI=1S/C31H37N5O/c1-21(2)17-18-32-31(37)35-20-27-23(5)33-36(26-10-7-6-8-11-26)30(27)34-19-9-12-28(34)29(35)25-15-13-24(14-16-25)22(3)4/h6-16,19,21-22,29H,17-18,20H2,1-5H3,(H,32,37)/t29-/m1/s1. The van der Waals surface area contributed by atoms with Gasteiger partial charge in [0.05, 0.1) is 29.7 Å². The number of carbonyl (C=O) groups excluding carboxylic acids is 1. The maximum absolute atomic E-state index is 13.8. The number of hydrogen-bond donors (Lipinski definition) is 1. The molecule has 192 valence electrons. The molecular weight excluding hydrogens is 458 g/mol. The number of carbonyl (C=O) groups is 1. The van der Waals surface area contributed by atoms with E-state index in [1.165, 1.54) is 5.56 Å². The monoisotopic (exact) mass is 495 g/mol. The van der Waals surface area contributed by atoms with Gasteiger partial charge in [0.1, 0.15) is 5.82 Å². The Bertz CT molecular complexity index is 1360. The van der Waals surface area contributed by atoms with Crippen molar-refractivity contribution in [3.63, 3.8) is 0 Å². The molecule has 3 heterocycles. The minimum atomic E-state index is -0.230. The number of para-hydroxylation sites is 1. The van der Waals surface area contributed by atoms with Crippen molar-refractivity contribution < 1.29 is 4.79 Å². The highest BCUT2D eigenvalue weighted by molar-refractivity contribution is 5.76. The zero-order valence-electron chi connectivity index (χ0n) is 22.5. The Morgan fingerprint density at radius 3 is 2.41 bits per heavy atom. The Morgan fingerprint density at radius 2 is 1.73 bits per heavy atom. The second-order valence-electron chi connectivity index (χ2n) is 10.7. The van der Waals surface area contributed by atoms with Crippen LogP contribution in [-0.2, 0) is 6.54 Å². The summed E-state index contributed by atoms with van der Waals surface area (Å²) in [5.74, 6) is 1.97. The molecular formula is C31H37N5O. The van der Waals surface area contributed by atoms with Crippen molar-refractivity contribution in [1.29, 1.82) is 0 Å². The number of aryl methyl sites for hydroxylation is 1. The van der Waals surface area contributed by atoms with Crippen molar-refractivity contribution in [2.45, 2.75) is 59.5 Å². The lowest BCUT2D eigenvalue weighted by Crippen LogP contribution is -2.42. The lowest BCUT2D eigenvalue weighted by atomic mass is 9.97. The Kier molecular flexibility index (Phi) is 6.92. The van der Waals surface area contributed by atoms with E-state index in [1.807, 2.05) is 34.7 Å². The number of urea groups is 1. The Morgan fingerprint density at radius 1 is 1.00 bits per heavy atom. The molecule has 1 N–H and O–H groups in total. The topological polar surface area (TPSA) is 55.1 Å². The third-order valence-electron chi connectivity index (χ3n) is 7.26. The number of hydrogen-bond acceptors (Lipinski definition) is 2. The zero-order chi connectivity index (χ0) is 26.1. The summed E-state index contributed by atoms with van der Waals surface area (Å²) in [6.45, 7) is 11.9. The molecule has 0 spiro atoms. The van der Waals surface area contributed by atoms with E-state index < -0.39 is 0 Å². The normalized spacial score (nSPS) is 15.0. The summed E-state index contributed by atoms with van der Waals surface area (Å²) in [7, 11) is 0. The molecule has 2 amide bonds. The van der Waals surface area contributed by atoms with Crippen LogP contribution in [0.2, 0.25) is 0 Å². The molecule has 2 aromatic heterocycles. The first-order chi connectivity index (χ1) is 17.8. The second kappa shape index (κ2) is 10.3. The maximum Gasteiger partial charge on any atom is 0.318 e. The van der Waals surface area contributed by atoms with Gasteiger partial charge in [0.15, 0.2) is 0 Å². The average molecular weight is 496 g/mol. The number of fused-ring (bicyclic) bond motifs is 3. The highest BCUT2D eigenvalue weighted by Crippen LogP contribution is 2.38. The molecule has 6 nitrogen and oxygen atoms in total. The van der Waals surface area contributed by atoms with Crippen LogP contribution >= 0.6 is 0 Å². The maximum atomic E-state index is 13.8. The van der Waals surface area contributed by atoms with Crippen molar-refractivity contribution in [3.8, 4) is 11.5 Å². The summed E-state index contributed by atoms with van der Waals surface area (Å²) in [6.07, 6.45) is 3.03. The first-order valence-electron chi connectivity index (χ1n) is 13.3. The van der Waals surface area contributed by atoms with E-state index in [4.69, 9.17) is 5.10 Å². The van der Waals surface area contributed by atoms with Gasteiger partial charge < -0.3 is 14.8 Å². The van der Waals surface area contributed by atoms with Crippen LogP contribution in [0, 0.1) is 12.8 Å². The van der Waals surface area contributed by atoms with E-state index in [2.05, 4.69) is 92.3 Å². The van der Waals surface area contributed by atoms with Gasteiger partial charge in [-0.3, -0.25) is 0 Å². The van der Waals surface area contributed by atoms with Crippen LogP contribution in [-0.4, -0.2) is 31.8 Å². The number of aromatic nitrogens is 3. The van der Waals surface area contributed by atoms with Gasteiger partial charge in [-0.1, -0.05) is 70.2 Å². The lowest BCUT2D eigenvalue weighted by molar-refractivity contribution is 0.180. The third-order valence-corrected chi connectivity index (χ3v) is 7.26. The molecule has 0 aliphatic carbocycles. The van der Waals surface area contributed by atoms with Crippen molar-refractivity contribution in [2.75, 3.05) is 6.54 Å². The fraction of sp³-hybridized carbons (Fsp3) is 0.355. The van der Waals surface area contributed by atoms with Crippen LogP contribution in [0.1, 0.15) is 74.2 Å². The largest absolute Gasteiger partial charge is 0.338 e. The van der Waals surface area contributed by atoms with E-state index in [0.29, 0.717) is 24.9 Å².